The molecule has 1 atom stereocenters. The largest absolute Gasteiger partial charge is 0.494 e. The minimum Gasteiger partial charge on any atom is -0.494 e. The minimum atomic E-state index is -1.01. The van der Waals surface area contributed by atoms with Crippen molar-refractivity contribution in [3.63, 3.8) is 0 Å². The Morgan fingerprint density at radius 3 is 2.39 bits per heavy atom. The third kappa shape index (κ3) is 5.30. The Hall–Kier alpha value is -3.18. The number of aromatic nitrogens is 1. The molecule has 4 nitrogen and oxygen atoms in total. The highest BCUT2D eigenvalue weighted by Crippen LogP contribution is 2.22. The van der Waals surface area contributed by atoms with Gasteiger partial charge < -0.3 is 9.72 Å². The SMILES string of the molecule is Cc1cc(=O)[nH]c2ccc(OCCCCS(=O)c3ccc(-c4ccccc4)cc3)cc12. The van der Waals surface area contributed by atoms with Gasteiger partial charge in [-0.15, -0.1) is 0 Å². The summed E-state index contributed by atoms with van der Waals surface area (Å²) in [5, 5.41) is 0.983. The number of benzene rings is 3. The number of aromatic amines is 1. The van der Waals surface area contributed by atoms with Crippen molar-refractivity contribution in [2.45, 2.75) is 24.7 Å². The van der Waals surface area contributed by atoms with Crippen molar-refractivity contribution in [3.8, 4) is 16.9 Å². The fourth-order valence-electron chi connectivity index (χ4n) is 3.56. The summed E-state index contributed by atoms with van der Waals surface area (Å²) in [7, 11) is -1.01. The van der Waals surface area contributed by atoms with Gasteiger partial charge in [0.05, 0.1) is 17.4 Å². The molecule has 0 bridgehead atoms. The number of rotatable bonds is 8. The van der Waals surface area contributed by atoms with Crippen LogP contribution in [0.15, 0.2) is 88.6 Å². The van der Waals surface area contributed by atoms with E-state index in [-0.39, 0.29) is 5.56 Å². The second-order valence-electron chi connectivity index (χ2n) is 7.52. The molecule has 1 aromatic heterocycles. The van der Waals surface area contributed by atoms with Gasteiger partial charge in [0.15, 0.2) is 0 Å². The summed E-state index contributed by atoms with van der Waals surface area (Å²) >= 11 is 0. The molecule has 0 aliphatic carbocycles. The molecule has 1 N–H and O–H groups in total. The fraction of sp³-hybridized carbons (Fsp3) is 0.192. The van der Waals surface area contributed by atoms with Gasteiger partial charge in [-0.25, -0.2) is 0 Å². The van der Waals surface area contributed by atoms with Gasteiger partial charge >= 0.3 is 0 Å². The molecule has 1 unspecified atom stereocenters. The van der Waals surface area contributed by atoms with Gasteiger partial charge in [-0.2, -0.15) is 0 Å². The van der Waals surface area contributed by atoms with Crippen LogP contribution in [0.1, 0.15) is 18.4 Å². The molecule has 3 aromatic carbocycles. The van der Waals surface area contributed by atoms with Crippen LogP contribution in [-0.4, -0.2) is 21.6 Å². The van der Waals surface area contributed by atoms with E-state index in [2.05, 4.69) is 17.1 Å². The molecule has 4 aromatic rings. The number of ether oxygens (including phenoxy) is 1. The summed E-state index contributed by atoms with van der Waals surface area (Å²) < 4.78 is 18.4. The van der Waals surface area contributed by atoms with Gasteiger partial charge in [0, 0.05) is 27.6 Å². The first-order valence-corrected chi connectivity index (χ1v) is 11.7. The zero-order valence-corrected chi connectivity index (χ0v) is 18.3. The van der Waals surface area contributed by atoms with Gasteiger partial charge in [0.25, 0.3) is 0 Å². The first-order valence-electron chi connectivity index (χ1n) is 10.4. The summed E-state index contributed by atoms with van der Waals surface area (Å²) in [6, 6.07) is 25.4. The van der Waals surface area contributed by atoms with Gasteiger partial charge in [0.2, 0.25) is 5.56 Å². The number of hydrogen-bond acceptors (Lipinski definition) is 3. The van der Waals surface area contributed by atoms with Crippen molar-refractivity contribution in [3.05, 3.63) is 94.8 Å². The van der Waals surface area contributed by atoms with Crippen LogP contribution in [0.2, 0.25) is 0 Å². The molecular formula is C26H25NO3S. The number of H-pyrrole nitrogens is 1. The number of aryl methyl sites for hydroxylation is 1. The summed E-state index contributed by atoms with van der Waals surface area (Å²) in [5.41, 5.74) is 3.93. The summed E-state index contributed by atoms with van der Waals surface area (Å²) in [5.74, 6) is 1.40. The number of pyridine rings is 1. The van der Waals surface area contributed by atoms with E-state index in [1.165, 1.54) is 0 Å². The molecule has 0 aliphatic heterocycles. The molecule has 0 fully saturated rings. The first kappa shape index (κ1) is 21.1. The van der Waals surface area contributed by atoms with Crippen molar-refractivity contribution in [1.29, 1.82) is 0 Å². The van der Waals surface area contributed by atoms with E-state index in [1.54, 1.807) is 6.07 Å². The standard InChI is InChI=1S/C26H25NO3S/c1-19-17-26(28)27-25-14-11-22(18-24(19)25)30-15-5-6-16-31(29)23-12-9-21(10-13-23)20-7-3-2-4-8-20/h2-4,7-14,17-18H,5-6,15-16H2,1H3,(H,27,28). The van der Waals surface area contributed by atoms with E-state index >= 15 is 0 Å². The normalized spacial score (nSPS) is 12.0. The van der Waals surface area contributed by atoms with Crippen molar-refractivity contribution >= 4 is 21.7 Å². The molecule has 0 spiro atoms. The predicted octanol–water partition coefficient (Wildman–Crippen LogP) is 5.47. The fourth-order valence-corrected chi connectivity index (χ4v) is 4.71. The van der Waals surface area contributed by atoms with E-state index in [0.29, 0.717) is 12.4 Å². The third-order valence-corrected chi connectivity index (χ3v) is 6.70. The quantitative estimate of drug-likeness (QED) is 0.376. The highest BCUT2D eigenvalue weighted by Gasteiger charge is 2.06. The van der Waals surface area contributed by atoms with E-state index in [4.69, 9.17) is 4.74 Å². The summed E-state index contributed by atoms with van der Waals surface area (Å²) in [6.07, 6.45) is 1.66. The van der Waals surface area contributed by atoms with Crippen LogP contribution >= 0.6 is 0 Å². The van der Waals surface area contributed by atoms with E-state index < -0.39 is 10.8 Å². The number of unbranched alkanes of at least 4 members (excludes halogenated alkanes) is 1. The van der Waals surface area contributed by atoms with Crippen LogP contribution < -0.4 is 10.3 Å². The van der Waals surface area contributed by atoms with E-state index in [0.717, 1.165) is 51.1 Å². The molecule has 0 aliphatic rings. The van der Waals surface area contributed by atoms with Crippen LogP contribution in [0.3, 0.4) is 0 Å². The Kier molecular flexibility index (Phi) is 6.63. The maximum Gasteiger partial charge on any atom is 0.248 e. The van der Waals surface area contributed by atoms with Crippen LogP contribution in [0.5, 0.6) is 5.75 Å². The molecule has 0 saturated heterocycles. The Labute approximate surface area is 184 Å². The number of fused-ring (bicyclic) bond motifs is 1. The highest BCUT2D eigenvalue weighted by molar-refractivity contribution is 7.85. The zero-order chi connectivity index (χ0) is 21.6. The van der Waals surface area contributed by atoms with E-state index in [1.807, 2.05) is 67.6 Å². The van der Waals surface area contributed by atoms with Crippen LogP contribution in [0, 0.1) is 6.92 Å². The molecule has 5 heteroatoms. The van der Waals surface area contributed by atoms with Gasteiger partial charge in [-0.05, 0) is 66.8 Å². The lowest BCUT2D eigenvalue weighted by atomic mass is 10.1. The summed E-state index contributed by atoms with van der Waals surface area (Å²) in [6.45, 7) is 2.49. The van der Waals surface area contributed by atoms with Crippen LogP contribution in [0.4, 0.5) is 0 Å². The zero-order valence-electron chi connectivity index (χ0n) is 17.5. The van der Waals surface area contributed by atoms with E-state index in [9.17, 15) is 9.00 Å². The lowest BCUT2D eigenvalue weighted by Gasteiger charge is -2.09. The van der Waals surface area contributed by atoms with Gasteiger partial charge in [0.1, 0.15) is 5.75 Å². The smallest absolute Gasteiger partial charge is 0.248 e. The molecule has 1 heterocycles. The average molecular weight is 432 g/mol. The van der Waals surface area contributed by atoms with Gasteiger partial charge in [-0.1, -0.05) is 42.5 Å². The molecule has 31 heavy (non-hydrogen) atoms. The Morgan fingerprint density at radius 1 is 0.871 bits per heavy atom. The molecule has 0 saturated carbocycles. The van der Waals surface area contributed by atoms with Crippen molar-refractivity contribution < 1.29 is 8.95 Å². The average Bonchev–Trinajstić information content (AvgIpc) is 2.79. The summed E-state index contributed by atoms with van der Waals surface area (Å²) in [4.78, 5) is 15.3. The second-order valence-corrected chi connectivity index (χ2v) is 9.09. The lowest BCUT2D eigenvalue weighted by Crippen LogP contribution is -2.05. The monoisotopic (exact) mass is 431 g/mol. The molecular weight excluding hydrogens is 406 g/mol. The Morgan fingerprint density at radius 2 is 1.61 bits per heavy atom. The minimum absolute atomic E-state index is 0.0959. The topological polar surface area (TPSA) is 59.2 Å². The van der Waals surface area contributed by atoms with Crippen LogP contribution in [0.25, 0.3) is 22.0 Å². The van der Waals surface area contributed by atoms with Crippen molar-refractivity contribution in [1.82, 2.24) is 4.98 Å². The highest BCUT2D eigenvalue weighted by atomic mass is 32.2. The third-order valence-electron chi connectivity index (χ3n) is 5.24. The predicted molar refractivity (Wildman–Crippen MR) is 127 cm³/mol. The Bertz CT molecular complexity index is 1250. The molecule has 158 valence electrons. The van der Waals surface area contributed by atoms with Crippen molar-refractivity contribution in [2.24, 2.45) is 0 Å². The number of hydrogen-bond donors (Lipinski definition) is 1. The first-order chi connectivity index (χ1) is 15.1. The van der Waals surface area contributed by atoms with Crippen LogP contribution in [-0.2, 0) is 10.8 Å². The number of nitrogens with one attached hydrogen (secondary N) is 1. The molecule has 4 rings (SSSR count). The van der Waals surface area contributed by atoms with Gasteiger partial charge in [-0.3, -0.25) is 9.00 Å². The Balaban J connectivity index is 1.26. The maximum atomic E-state index is 12.6. The molecule has 0 radical (unpaired) electrons. The van der Waals surface area contributed by atoms with Crippen molar-refractivity contribution in [2.75, 3.05) is 12.4 Å². The maximum absolute atomic E-state index is 12.6. The second kappa shape index (κ2) is 9.75. The lowest BCUT2D eigenvalue weighted by molar-refractivity contribution is 0.310. The molecule has 0 amide bonds.